The van der Waals surface area contributed by atoms with Crippen LogP contribution < -0.4 is 71.5 Å². The van der Waals surface area contributed by atoms with E-state index in [1.807, 2.05) is 93.7 Å². The Bertz CT molecular complexity index is 2060. The SMILES string of the molecule is C=C(NC1NC=C(C)S1)c1ccc(C(F)(F)F)cc1NSc1ccc(C)cc1.Cc1ccc(SNc2cc(C(F)(F)F)ccc2[N-]c2ccccc2)cc1.[K+]. The first kappa shape index (κ1) is 44.6. The van der Waals surface area contributed by atoms with Gasteiger partial charge in [0.25, 0.3) is 0 Å². The Labute approximate surface area is 372 Å². The maximum atomic E-state index is 13.2. The Morgan fingerprint density at radius 3 is 1.71 bits per heavy atom. The number of alkyl halides is 6. The van der Waals surface area contributed by atoms with Gasteiger partial charge in [0.1, 0.15) is 5.50 Å². The van der Waals surface area contributed by atoms with Crippen LogP contribution >= 0.6 is 35.7 Å². The molecule has 5 aromatic rings. The van der Waals surface area contributed by atoms with Crippen molar-refractivity contribution in [3.8, 4) is 0 Å². The summed E-state index contributed by atoms with van der Waals surface area (Å²) in [6.07, 6.45) is -6.94. The molecule has 1 aliphatic heterocycles. The van der Waals surface area contributed by atoms with Crippen molar-refractivity contribution in [1.82, 2.24) is 10.6 Å². The summed E-state index contributed by atoms with van der Waals surface area (Å²) in [4.78, 5) is 2.92. The number of aryl methyl sites for hydroxylation is 2. The number of nitrogens with zero attached hydrogens (tertiary/aromatic N) is 1. The summed E-state index contributed by atoms with van der Waals surface area (Å²) in [6.45, 7) is 9.95. The minimum absolute atomic E-state index is 0. The van der Waals surface area contributed by atoms with Gasteiger partial charge in [-0.1, -0.05) is 102 Å². The zero-order valence-electron chi connectivity index (χ0n) is 30.3. The molecule has 15 heteroatoms. The smallest absolute Gasteiger partial charge is 0.656 e. The van der Waals surface area contributed by atoms with Crippen molar-refractivity contribution in [3.63, 3.8) is 0 Å². The molecule has 1 unspecified atom stereocenters. The van der Waals surface area contributed by atoms with E-state index in [1.165, 1.54) is 36.0 Å². The predicted molar refractivity (Wildman–Crippen MR) is 214 cm³/mol. The first-order valence-electron chi connectivity index (χ1n) is 16.4. The fourth-order valence-corrected chi connectivity index (χ4v) is 6.97. The van der Waals surface area contributed by atoms with Gasteiger partial charge in [-0.15, -0.1) is 11.4 Å². The summed E-state index contributed by atoms with van der Waals surface area (Å²) in [5.74, 6) is 0. The van der Waals surface area contributed by atoms with E-state index < -0.39 is 23.5 Å². The molecule has 5 aromatic carbocycles. The summed E-state index contributed by atoms with van der Waals surface area (Å²) in [7, 11) is 0. The van der Waals surface area contributed by atoms with Gasteiger partial charge >= 0.3 is 63.7 Å². The Hall–Kier alpha value is -3.15. The van der Waals surface area contributed by atoms with Crippen LogP contribution in [0.1, 0.15) is 34.7 Å². The topological polar surface area (TPSA) is 62.2 Å². The van der Waals surface area contributed by atoms with E-state index in [0.29, 0.717) is 34.0 Å². The largest absolute Gasteiger partial charge is 1.00 e. The molecule has 6 rings (SSSR count). The number of hydrogen-bond donors (Lipinski definition) is 4. The number of benzene rings is 5. The zero-order chi connectivity index (χ0) is 38.9. The minimum atomic E-state index is -4.41. The third-order valence-corrected chi connectivity index (χ3v) is 10.3. The van der Waals surface area contributed by atoms with Gasteiger partial charge < -0.3 is 25.4 Å². The van der Waals surface area contributed by atoms with Crippen molar-refractivity contribution in [1.29, 1.82) is 0 Å². The van der Waals surface area contributed by atoms with Crippen molar-refractivity contribution >= 4 is 64.1 Å². The van der Waals surface area contributed by atoms with E-state index >= 15 is 0 Å². The minimum Gasteiger partial charge on any atom is -0.656 e. The predicted octanol–water partition coefficient (Wildman–Crippen LogP) is 10.6. The van der Waals surface area contributed by atoms with Crippen LogP contribution in [-0.4, -0.2) is 5.50 Å². The maximum absolute atomic E-state index is 13.2. The van der Waals surface area contributed by atoms with Crippen LogP contribution in [-0.2, 0) is 12.4 Å². The van der Waals surface area contributed by atoms with Gasteiger partial charge in [-0.2, -0.15) is 26.3 Å². The summed E-state index contributed by atoms with van der Waals surface area (Å²) in [5, 5.41) is 10.8. The molecule has 282 valence electrons. The molecule has 1 heterocycles. The molecule has 0 fully saturated rings. The first-order chi connectivity index (χ1) is 25.6. The van der Waals surface area contributed by atoms with Crippen molar-refractivity contribution < 1.29 is 77.7 Å². The Kier molecular flexibility index (Phi) is 16.5. The normalized spacial score (nSPS) is 13.6. The number of anilines is 2. The second-order valence-electron chi connectivity index (χ2n) is 12.0. The molecule has 1 aliphatic rings. The fraction of sp³-hybridized carbons (Fsp3) is 0.150. The van der Waals surface area contributed by atoms with E-state index in [2.05, 4.69) is 32.0 Å². The average molecular weight is 836 g/mol. The van der Waals surface area contributed by atoms with E-state index in [1.54, 1.807) is 23.9 Å². The second-order valence-corrected chi connectivity index (χ2v) is 15.1. The van der Waals surface area contributed by atoms with E-state index in [4.69, 9.17) is 0 Å². The molecule has 0 aliphatic carbocycles. The molecule has 5 nitrogen and oxygen atoms in total. The van der Waals surface area contributed by atoms with Crippen LogP contribution in [0.2, 0.25) is 0 Å². The van der Waals surface area contributed by atoms with Crippen molar-refractivity contribution in [2.45, 2.75) is 48.4 Å². The fourth-order valence-electron chi connectivity index (χ4n) is 4.80. The number of thioether (sulfide) groups is 1. The first-order valence-corrected chi connectivity index (χ1v) is 18.9. The van der Waals surface area contributed by atoms with Crippen LogP contribution in [0.25, 0.3) is 11.0 Å². The van der Waals surface area contributed by atoms with Gasteiger partial charge in [0.05, 0.1) is 16.8 Å². The zero-order valence-corrected chi connectivity index (χ0v) is 35.8. The maximum Gasteiger partial charge on any atom is 1.00 e. The van der Waals surface area contributed by atoms with E-state index in [0.717, 1.165) is 50.1 Å². The third-order valence-electron chi connectivity index (χ3n) is 7.65. The van der Waals surface area contributed by atoms with Crippen molar-refractivity contribution in [3.05, 3.63) is 166 Å². The molecule has 0 amide bonds. The van der Waals surface area contributed by atoms with Crippen LogP contribution in [0.15, 0.2) is 143 Å². The summed E-state index contributed by atoms with van der Waals surface area (Å²) in [6, 6.07) is 31.7. The molecule has 0 saturated heterocycles. The monoisotopic (exact) mass is 835 g/mol. The van der Waals surface area contributed by atoms with Crippen LogP contribution in [0.5, 0.6) is 0 Å². The van der Waals surface area contributed by atoms with E-state index in [-0.39, 0.29) is 56.9 Å². The van der Waals surface area contributed by atoms with Gasteiger partial charge in [-0.3, -0.25) is 0 Å². The quantitative estimate of drug-likeness (QED) is 0.0601. The second kappa shape index (κ2) is 20.3. The Morgan fingerprint density at radius 2 is 1.20 bits per heavy atom. The number of nitrogens with one attached hydrogen (secondary N) is 4. The third kappa shape index (κ3) is 13.8. The number of rotatable bonds is 11. The van der Waals surface area contributed by atoms with Crippen molar-refractivity contribution in [2.75, 3.05) is 9.44 Å². The van der Waals surface area contributed by atoms with Crippen LogP contribution in [0, 0.1) is 13.8 Å². The molecule has 0 radical (unpaired) electrons. The number of halogens is 6. The number of para-hydroxylation sites is 1. The van der Waals surface area contributed by atoms with Gasteiger partial charge in [0, 0.05) is 37.8 Å². The standard InChI is InChI=1S/C20H20F3N3S2.C20H16F3N2S.K/c1-12-4-7-16(8-5-12)28-26-18-10-15(20(21,22)23)6-9-17(18)14(3)25-19-24-11-13(2)27-19;1-14-7-10-17(11-8-14)26-25-19-13-15(20(21,22)23)9-12-18(19)24-16-5-3-2-4-6-16;/h4-11,19,24-26H,3H2,1-2H3;2-13,25H,1H3;/q;-1;+1. The molecule has 4 N–H and O–H groups in total. The summed E-state index contributed by atoms with van der Waals surface area (Å²) in [5.41, 5.74) is 3.62. The molecule has 55 heavy (non-hydrogen) atoms. The molecule has 1 atom stereocenters. The number of hydrogen-bond acceptors (Lipinski definition) is 7. The van der Waals surface area contributed by atoms with Crippen molar-refractivity contribution in [2.24, 2.45) is 0 Å². The van der Waals surface area contributed by atoms with Gasteiger partial charge in [0.15, 0.2) is 0 Å². The summed E-state index contributed by atoms with van der Waals surface area (Å²) < 4.78 is 84.8. The molecule has 0 spiro atoms. The van der Waals surface area contributed by atoms with E-state index in [9.17, 15) is 26.3 Å². The van der Waals surface area contributed by atoms with Crippen LogP contribution in [0.4, 0.5) is 49.1 Å². The Balaban J connectivity index is 0.000000241. The molecule has 0 bridgehead atoms. The molecular formula is C40H36F6KN5S3. The van der Waals surface area contributed by atoms with Gasteiger partial charge in [-0.25, -0.2) is 0 Å². The molecule has 0 saturated carbocycles. The Morgan fingerprint density at radius 1 is 0.691 bits per heavy atom. The van der Waals surface area contributed by atoms with Gasteiger partial charge in [0.2, 0.25) is 0 Å². The van der Waals surface area contributed by atoms with Gasteiger partial charge in [-0.05, 0) is 87.1 Å². The summed E-state index contributed by atoms with van der Waals surface area (Å²) >= 11 is 4.09. The average Bonchev–Trinajstić information content (AvgIpc) is 3.55. The molecule has 0 aromatic heterocycles. The van der Waals surface area contributed by atoms with Crippen LogP contribution in [0.3, 0.4) is 0 Å². The number of allylic oxidation sites excluding steroid dienone is 1. The molecular weight excluding hydrogens is 800 g/mol.